The summed E-state index contributed by atoms with van der Waals surface area (Å²) in [6.07, 6.45) is 0.199. The number of carbonyl (C=O) groups is 1. The molecule has 0 saturated carbocycles. The average Bonchev–Trinajstić information content (AvgIpc) is 3.04. The molecule has 0 aliphatic heterocycles. The molecule has 0 bridgehead atoms. The number of fused-ring (bicyclic) bond motifs is 1. The van der Waals surface area contributed by atoms with Crippen molar-refractivity contribution in [3.8, 4) is 11.5 Å². The standard InChI is InChI=1S/C15H12BrNO3S/c1-2-19-15(18)7-14-17-11(8-21-14)13-6-9-5-10(16)3-4-12(9)20-13/h3-6,8H,2,7H2,1H3. The second-order valence-corrected chi connectivity index (χ2v) is 6.26. The van der Waals surface area contributed by atoms with Crippen LogP contribution in [0.5, 0.6) is 0 Å². The summed E-state index contributed by atoms with van der Waals surface area (Å²) in [5.74, 6) is 0.446. The van der Waals surface area contributed by atoms with Crippen molar-refractivity contribution in [3.63, 3.8) is 0 Å². The first-order valence-electron chi connectivity index (χ1n) is 6.45. The van der Waals surface area contributed by atoms with E-state index in [-0.39, 0.29) is 12.4 Å². The van der Waals surface area contributed by atoms with E-state index < -0.39 is 0 Å². The number of benzene rings is 1. The summed E-state index contributed by atoms with van der Waals surface area (Å²) < 4.78 is 11.7. The highest BCUT2D eigenvalue weighted by molar-refractivity contribution is 9.10. The topological polar surface area (TPSA) is 52.3 Å². The van der Waals surface area contributed by atoms with E-state index >= 15 is 0 Å². The fraction of sp³-hybridized carbons (Fsp3) is 0.200. The zero-order chi connectivity index (χ0) is 14.8. The highest BCUT2D eigenvalue weighted by atomic mass is 79.9. The summed E-state index contributed by atoms with van der Waals surface area (Å²) in [4.78, 5) is 15.9. The van der Waals surface area contributed by atoms with E-state index in [2.05, 4.69) is 20.9 Å². The molecule has 1 aromatic carbocycles. The third-order valence-electron chi connectivity index (χ3n) is 2.88. The molecule has 0 aliphatic carbocycles. The molecule has 6 heteroatoms. The van der Waals surface area contributed by atoms with Crippen LogP contribution in [0, 0.1) is 0 Å². The predicted molar refractivity (Wildman–Crippen MR) is 85.4 cm³/mol. The number of furan rings is 1. The van der Waals surface area contributed by atoms with Crippen LogP contribution in [0.25, 0.3) is 22.4 Å². The number of rotatable bonds is 4. The molecule has 21 heavy (non-hydrogen) atoms. The summed E-state index contributed by atoms with van der Waals surface area (Å²) >= 11 is 4.87. The number of halogens is 1. The van der Waals surface area contributed by atoms with Gasteiger partial charge in [-0.2, -0.15) is 0 Å². The van der Waals surface area contributed by atoms with Crippen molar-refractivity contribution in [3.05, 3.63) is 39.1 Å². The Morgan fingerprint density at radius 3 is 3.10 bits per heavy atom. The van der Waals surface area contributed by atoms with E-state index in [1.54, 1.807) is 6.92 Å². The first-order chi connectivity index (χ1) is 10.2. The third kappa shape index (κ3) is 3.16. The van der Waals surface area contributed by atoms with Crippen molar-refractivity contribution < 1.29 is 13.9 Å². The number of thiazole rings is 1. The molecule has 0 fully saturated rings. The molecular weight excluding hydrogens is 354 g/mol. The minimum absolute atomic E-state index is 0.199. The first kappa shape index (κ1) is 14.3. The minimum atomic E-state index is -0.257. The van der Waals surface area contributed by atoms with Crippen molar-refractivity contribution in [2.45, 2.75) is 13.3 Å². The Hall–Kier alpha value is -1.66. The molecule has 2 heterocycles. The minimum Gasteiger partial charge on any atom is -0.466 e. The molecule has 2 aromatic heterocycles. The van der Waals surface area contributed by atoms with Gasteiger partial charge in [0.25, 0.3) is 0 Å². The van der Waals surface area contributed by atoms with E-state index in [1.165, 1.54) is 11.3 Å². The van der Waals surface area contributed by atoms with Crippen molar-refractivity contribution in [1.82, 2.24) is 4.98 Å². The van der Waals surface area contributed by atoms with Gasteiger partial charge in [0.2, 0.25) is 0 Å². The van der Waals surface area contributed by atoms with Crippen LogP contribution in [-0.2, 0) is 16.0 Å². The molecule has 3 rings (SSSR count). The number of hydrogen-bond acceptors (Lipinski definition) is 5. The van der Waals surface area contributed by atoms with Gasteiger partial charge in [-0.25, -0.2) is 4.98 Å². The maximum Gasteiger partial charge on any atom is 0.312 e. The third-order valence-corrected chi connectivity index (χ3v) is 4.23. The zero-order valence-electron chi connectivity index (χ0n) is 11.3. The van der Waals surface area contributed by atoms with Gasteiger partial charge in [-0.15, -0.1) is 11.3 Å². The van der Waals surface area contributed by atoms with Gasteiger partial charge in [-0.05, 0) is 31.2 Å². The molecule has 0 spiro atoms. The summed E-state index contributed by atoms with van der Waals surface area (Å²) in [5.41, 5.74) is 1.56. The SMILES string of the molecule is CCOC(=O)Cc1nc(-c2cc3cc(Br)ccc3o2)cs1. The largest absolute Gasteiger partial charge is 0.466 e. The van der Waals surface area contributed by atoms with Gasteiger partial charge in [0.15, 0.2) is 5.76 Å². The summed E-state index contributed by atoms with van der Waals surface area (Å²) in [6.45, 7) is 2.17. The highest BCUT2D eigenvalue weighted by Gasteiger charge is 2.13. The molecular formula is C15H12BrNO3S. The van der Waals surface area contributed by atoms with Crippen LogP contribution in [-0.4, -0.2) is 17.6 Å². The Balaban J connectivity index is 1.85. The quantitative estimate of drug-likeness (QED) is 0.642. The zero-order valence-corrected chi connectivity index (χ0v) is 13.7. The van der Waals surface area contributed by atoms with Gasteiger partial charge in [0.1, 0.15) is 16.3 Å². The second kappa shape index (κ2) is 5.99. The van der Waals surface area contributed by atoms with Gasteiger partial charge >= 0.3 is 5.97 Å². The lowest BCUT2D eigenvalue weighted by atomic mass is 10.2. The lowest BCUT2D eigenvalue weighted by Crippen LogP contribution is -2.07. The molecule has 0 atom stereocenters. The molecule has 0 amide bonds. The maximum atomic E-state index is 11.5. The van der Waals surface area contributed by atoms with E-state index in [9.17, 15) is 4.79 Å². The van der Waals surface area contributed by atoms with Crippen molar-refractivity contribution in [1.29, 1.82) is 0 Å². The Morgan fingerprint density at radius 1 is 1.43 bits per heavy atom. The maximum absolute atomic E-state index is 11.5. The van der Waals surface area contributed by atoms with Crippen LogP contribution in [0.15, 0.2) is 38.5 Å². The Morgan fingerprint density at radius 2 is 2.29 bits per heavy atom. The summed E-state index contributed by atoms with van der Waals surface area (Å²) in [5, 5.41) is 3.63. The van der Waals surface area contributed by atoms with Crippen LogP contribution < -0.4 is 0 Å². The molecule has 108 valence electrons. The molecule has 0 radical (unpaired) electrons. The summed E-state index contributed by atoms with van der Waals surface area (Å²) in [7, 11) is 0. The molecule has 4 nitrogen and oxygen atoms in total. The van der Waals surface area contributed by atoms with Crippen LogP contribution >= 0.6 is 27.3 Å². The van der Waals surface area contributed by atoms with Gasteiger partial charge in [-0.1, -0.05) is 15.9 Å². The van der Waals surface area contributed by atoms with Gasteiger partial charge in [0.05, 0.1) is 13.0 Å². The predicted octanol–water partition coefficient (Wildman–Crippen LogP) is 4.42. The number of ether oxygens (including phenoxy) is 1. The van der Waals surface area contributed by atoms with Crippen molar-refractivity contribution >= 4 is 44.2 Å². The van der Waals surface area contributed by atoms with Crippen LogP contribution in [0.1, 0.15) is 11.9 Å². The van der Waals surface area contributed by atoms with E-state index in [0.29, 0.717) is 12.4 Å². The van der Waals surface area contributed by atoms with E-state index in [1.807, 2.05) is 29.6 Å². The molecule has 0 aliphatic rings. The first-order valence-corrected chi connectivity index (χ1v) is 8.12. The lowest BCUT2D eigenvalue weighted by molar-refractivity contribution is -0.142. The monoisotopic (exact) mass is 365 g/mol. The number of esters is 1. The summed E-state index contributed by atoms with van der Waals surface area (Å²) in [6, 6.07) is 7.79. The fourth-order valence-corrected chi connectivity index (χ4v) is 3.13. The van der Waals surface area contributed by atoms with Crippen molar-refractivity contribution in [2.24, 2.45) is 0 Å². The van der Waals surface area contributed by atoms with E-state index in [4.69, 9.17) is 9.15 Å². The second-order valence-electron chi connectivity index (χ2n) is 4.40. The van der Waals surface area contributed by atoms with E-state index in [0.717, 1.165) is 26.1 Å². The number of aromatic nitrogens is 1. The molecule has 0 saturated heterocycles. The Labute approximate surface area is 133 Å². The average molecular weight is 366 g/mol. The highest BCUT2D eigenvalue weighted by Crippen LogP contribution is 2.30. The number of hydrogen-bond donors (Lipinski definition) is 0. The smallest absolute Gasteiger partial charge is 0.312 e. The lowest BCUT2D eigenvalue weighted by Gasteiger charge is -1.97. The normalized spacial score (nSPS) is 11.0. The number of carbonyl (C=O) groups excluding carboxylic acids is 1. The van der Waals surface area contributed by atoms with Gasteiger partial charge in [-0.3, -0.25) is 4.79 Å². The van der Waals surface area contributed by atoms with Crippen molar-refractivity contribution in [2.75, 3.05) is 6.61 Å². The molecule has 0 unspecified atom stereocenters. The number of nitrogens with zero attached hydrogens (tertiary/aromatic N) is 1. The van der Waals surface area contributed by atoms with Gasteiger partial charge in [0, 0.05) is 15.2 Å². The Bertz CT molecular complexity index is 793. The molecule has 0 N–H and O–H groups in total. The fourth-order valence-electron chi connectivity index (χ4n) is 1.98. The Kier molecular flexibility index (Phi) is 4.07. The molecule has 3 aromatic rings. The van der Waals surface area contributed by atoms with Crippen LogP contribution in [0.4, 0.5) is 0 Å². The van der Waals surface area contributed by atoms with Gasteiger partial charge < -0.3 is 9.15 Å². The van der Waals surface area contributed by atoms with Crippen LogP contribution in [0.2, 0.25) is 0 Å². The van der Waals surface area contributed by atoms with Crippen LogP contribution in [0.3, 0.4) is 0 Å².